The van der Waals surface area contributed by atoms with Gasteiger partial charge in [-0.1, -0.05) is 13.3 Å². The Morgan fingerprint density at radius 1 is 1.19 bits per heavy atom. The lowest BCUT2D eigenvalue weighted by atomic mass is 9.77. The van der Waals surface area contributed by atoms with E-state index in [1.54, 1.807) is 0 Å². The molecule has 0 N–H and O–H groups in total. The van der Waals surface area contributed by atoms with Crippen LogP contribution < -0.4 is 0 Å². The summed E-state index contributed by atoms with van der Waals surface area (Å²) >= 11 is 6.46. The van der Waals surface area contributed by atoms with Crippen LogP contribution in [0.1, 0.15) is 58.8 Å². The van der Waals surface area contributed by atoms with E-state index in [4.69, 9.17) is 16.3 Å². The molecule has 0 amide bonds. The summed E-state index contributed by atoms with van der Waals surface area (Å²) in [7, 11) is 0. The first-order valence-electron chi connectivity index (χ1n) is 6.98. The lowest BCUT2D eigenvalue weighted by Crippen LogP contribution is -2.28. The van der Waals surface area contributed by atoms with Crippen LogP contribution in [0.4, 0.5) is 0 Å². The van der Waals surface area contributed by atoms with Gasteiger partial charge in [-0.3, -0.25) is 0 Å². The van der Waals surface area contributed by atoms with Crippen LogP contribution in [-0.4, -0.2) is 17.6 Å². The fraction of sp³-hybridized carbons (Fsp3) is 1.00. The Hall–Kier alpha value is 0.250. The molecule has 1 saturated heterocycles. The van der Waals surface area contributed by atoms with E-state index in [1.165, 1.54) is 44.9 Å². The van der Waals surface area contributed by atoms with E-state index in [0.717, 1.165) is 5.92 Å². The van der Waals surface area contributed by atoms with Crippen LogP contribution in [0, 0.1) is 11.8 Å². The Bertz CT molecular complexity index is 219. The quantitative estimate of drug-likeness (QED) is 0.670. The summed E-state index contributed by atoms with van der Waals surface area (Å²) in [5, 5.41) is 0.405. The van der Waals surface area contributed by atoms with Crippen molar-refractivity contribution in [1.29, 1.82) is 0 Å². The minimum atomic E-state index is 0.405. The monoisotopic (exact) mass is 244 g/mol. The molecule has 1 heterocycles. The Balaban J connectivity index is 1.82. The molecule has 1 nitrogen and oxygen atoms in total. The molecule has 2 heteroatoms. The molecule has 0 aromatic carbocycles. The summed E-state index contributed by atoms with van der Waals surface area (Å²) in [5.74, 6) is 1.62. The summed E-state index contributed by atoms with van der Waals surface area (Å²) in [5.41, 5.74) is 0. The first kappa shape index (κ1) is 12.7. The summed E-state index contributed by atoms with van der Waals surface area (Å²) in [6.45, 7) is 4.50. The maximum absolute atomic E-state index is 6.46. The molecule has 5 unspecified atom stereocenters. The summed E-state index contributed by atoms with van der Waals surface area (Å²) in [6, 6.07) is 0. The van der Waals surface area contributed by atoms with Crippen molar-refractivity contribution in [2.45, 2.75) is 76.4 Å². The second kappa shape index (κ2) is 5.73. The smallest absolute Gasteiger partial charge is 0.0582 e. The van der Waals surface area contributed by atoms with Crippen LogP contribution in [0.15, 0.2) is 0 Å². The first-order chi connectivity index (χ1) is 7.69. The molecule has 1 aliphatic carbocycles. The van der Waals surface area contributed by atoms with E-state index in [2.05, 4.69) is 13.8 Å². The average molecular weight is 245 g/mol. The predicted molar refractivity (Wildman–Crippen MR) is 68.9 cm³/mol. The van der Waals surface area contributed by atoms with Gasteiger partial charge in [0.05, 0.1) is 12.2 Å². The number of hydrogen-bond acceptors (Lipinski definition) is 1. The van der Waals surface area contributed by atoms with E-state index >= 15 is 0 Å². The molecule has 0 radical (unpaired) electrons. The van der Waals surface area contributed by atoms with E-state index in [9.17, 15) is 0 Å². The van der Waals surface area contributed by atoms with Crippen LogP contribution >= 0.6 is 11.6 Å². The molecular formula is C14H25ClO. The van der Waals surface area contributed by atoms with Gasteiger partial charge in [0.1, 0.15) is 0 Å². The molecule has 2 aliphatic rings. The van der Waals surface area contributed by atoms with Crippen molar-refractivity contribution in [3.05, 3.63) is 0 Å². The number of rotatable bonds is 3. The third-order valence-corrected chi connectivity index (χ3v) is 5.04. The molecule has 2 fully saturated rings. The molecule has 0 aromatic rings. The molecular weight excluding hydrogens is 220 g/mol. The third-order valence-electron chi connectivity index (χ3n) is 4.46. The fourth-order valence-corrected chi connectivity index (χ4v) is 3.67. The fourth-order valence-electron chi connectivity index (χ4n) is 3.34. The minimum Gasteiger partial charge on any atom is -0.375 e. The molecule has 94 valence electrons. The van der Waals surface area contributed by atoms with Gasteiger partial charge in [-0.05, 0) is 57.3 Å². The second-order valence-corrected chi connectivity index (χ2v) is 6.31. The summed E-state index contributed by atoms with van der Waals surface area (Å²) < 4.78 is 5.92. The Morgan fingerprint density at radius 3 is 2.62 bits per heavy atom. The molecule has 5 atom stereocenters. The summed E-state index contributed by atoms with van der Waals surface area (Å²) in [6.07, 6.45) is 9.87. The van der Waals surface area contributed by atoms with Crippen molar-refractivity contribution in [2.75, 3.05) is 0 Å². The van der Waals surface area contributed by atoms with E-state index in [0.29, 0.717) is 23.5 Å². The van der Waals surface area contributed by atoms with Crippen LogP contribution in [-0.2, 0) is 4.74 Å². The van der Waals surface area contributed by atoms with Gasteiger partial charge in [0, 0.05) is 5.38 Å². The first-order valence-corrected chi connectivity index (χ1v) is 7.42. The lowest BCUT2D eigenvalue weighted by Gasteiger charge is -2.34. The second-order valence-electron chi connectivity index (χ2n) is 5.75. The van der Waals surface area contributed by atoms with Gasteiger partial charge in [0.25, 0.3) is 0 Å². The normalized spacial score (nSPS) is 44.8. The van der Waals surface area contributed by atoms with Gasteiger partial charge >= 0.3 is 0 Å². The molecule has 1 saturated carbocycles. The van der Waals surface area contributed by atoms with Gasteiger partial charge in [-0.25, -0.2) is 0 Å². The zero-order chi connectivity index (χ0) is 11.5. The zero-order valence-electron chi connectivity index (χ0n) is 10.6. The van der Waals surface area contributed by atoms with Crippen molar-refractivity contribution >= 4 is 11.6 Å². The van der Waals surface area contributed by atoms with Gasteiger partial charge in [0.2, 0.25) is 0 Å². The SMILES string of the molecule is CCC1CCC(Cl)C(CC2CCC(C)O2)C1. The maximum Gasteiger partial charge on any atom is 0.0582 e. The van der Waals surface area contributed by atoms with Crippen molar-refractivity contribution in [3.63, 3.8) is 0 Å². The molecule has 1 aliphatic heterocycles. The van der Waals surface area contributed by atoms with Crippen LogP contribution in [0.2, 0.25) is 0 Å². The Morgan fingerprint density at radius 2 is 2.00 bits per heavy atom. The third kappa shape index (κ3) is 3.13. The van der Waals surface area contributed by atoms with Crippen molar-refractivity contribution < 1.29 is 4.74 Å². The predicted octanol–water partition coefficient (Wildman–Crippen LogP) is 4.38. The topological polar surface area (TPSA) is 9.23 Å². The van der Waals surface area contributed by atoms with E-state index in [-0.39, 0.29) is 0 Å². The molecule has 0 spiro atoms. The van der Waals surface area contributed by atoms with E-state index < -0.39 is 0 Å². The van der Waals surface area contributed by atoms with Crippen molar-refractivity contribution in [2.24, 2.45) is 11.8 Å². The van der Waals surface area contributed by atoms with Gasteiger partial charge in [-0.2, -0.15) is 0 Å². The highest BCUT2D eigenvalue weighted by Crippen LogP contribution is 2.38. The minimum absolute atomic E-state index is 0.405. The Kier molecular flexibility index (Phi) is 4.55. The van der Waals surface area contributed by atoms with Crippen molar-refractivity contribution in [3.8, 4) is 0 Å². The van der Waals surface area contributed by atoms with Gasteiger partial charge < -0.3 is 4.74 Å². The Labute approximate surface area is 105 Å². The van der Waals surface area contributed by atoms with E-state index in [1.807, 2.05) is 0 Å². The number of alkyl halides is 1. The standard InChI is InChI=1S/C14H25ClO/c1-3-11-5-7-14(15)12(8-11)9-13-6-4-10(2)16-13/h10-14H,3-9H2,1-2H3. The summed E-state index contributed by atoms with van der Waals surface area (Å²) in [4.78, 5) is 0. The molecule has 16 heavy (non-hydrogen) atoms. The molecule has 2 rings (SSSR count). The van der Waals surface area contributed by atoms with Crippen LogP contribution in [0.25, 0.3) is 0 Å². The number of halogens is 1. The zero-order valence-corrected chi connectivity index (χ0v) is 11.4. The maximum atomic E-state index is 6.46. The van der Waals surface area contributed by atoms with Crippen LogP contribution in [0.3, 0.4) is 0 Å². The number of hydrogen-bond donors (Lipinski definition) is 0. The van der Waals surface area contributed by atoms with Crippen LogP contribution in [0.5, 0.6) is 0 Å². The highest BCUT2D eigenvalue weighted by atomic mass is 35.5. The highest BCUT2D eigenvalue weighted by Gasteiger charge is 2.32. The largest absolute Gasteiger partial charge is 0.375 e. The lowest BCUT2D eigenvalue weighted by molar-refractivity contribution is 0.0345. The average Bonchev–Trinajstić information content (AvgIpc) is 2.67. The van der Waals surface area contributed by atoms with Crippen molar-refractivity contribution in [1.82, 2.24) is 0 Å². The van der Waals surface area contributed by atoms with Gasteiger partial charge in [-0.15, -0.1) is 11.6 Å². The number of ether oxygens (including phenoxy) is 1. The molecule has 0 bridgehead atoms. The highest BCUT2D eigenvalue weighted by molar-refractivity contribution is 6.20. The van der Waals surface area contributed by atoms with Gasteiger partial charge in [0.15, 0.2) is 0 Å². The molecule has 0 aromatic heterocycles.